The van der Waals surface area contributed by atoms with E-state index in [1.54, 1.807) is 31.3 Å². The summed E-state index contributed by atoms with van der Waals surface area (Å²) in [5.41, 5.74) is 1.29. The van der Waals surface area contributed by atoms with Crippen molar-refractivity contribution in [2.24, 2.45) is 7.05 Å². The first-order valence-electron chi connectivity index (χ1n) is 8.61. The van der Waals surface area contributed by atoms with Crippen LogP contribution in [0.25, 0.3) is 0 Å². The number of nitrogens with zero attached hydrogens (tertiary/aromatic N) is 2. The number of carbonyl (C=O) groups excluding carboxylic acids is 2. The van der Waals surface area contributed by atoms with E-state index in [1.807, 2.05) is 0 Å². The van der Waals surface area contributed by atoms with E-state index >= 15 is 0 Å². The van der Waals surface area contributed by atoms with Crippen LogP contribution in [-0.2, 0) is 13.7 Å². The summed E-state index contributed by atoms with van der Waals surface area (Å²) in [7, 11) is 3.10. The van der Waals surface area contributed by atoms with Crippen molar-refractivity contribution in [3.63, 3.8) is 0 Å². The number of hydrogen-bond acceptors (Lipinski definition) is 4. The molecule has 2 aromatic carbocycles. The second-order valence-corrected chi connectivity index (χ2v) is 6.16. The van der Waals surface area contributed by atoms with Gasteiger partial charge in [-0.15, -0.1) is 0 Å². The maximum absolute atomic E-state index is 13.7. The molecule has 7 nitrogen and oxygen atoms in total. The second-order valence-electron chi connectivity index (χ2n) is 6.16. The van der Waals surface area contributed by atoms with Crippen molar-refractivity contribution >= 4 is 17.5 Å². The van der Waals surface area contributed by atoms with Gasteiger partial charge in [0.25, 0.3) is 11.8 Å². The molecule has 2 N–H and O–H groups in total. The number of halogens is 2. The Kier molecular flexibility index (Phi) is 5.87. The van der Waals surface area contributed by atoms with Crippen LogP contribution in [0.2, 0.25) is 0 Å². The molecule has 0 bridgehead atoms. The van der Waals surface area contributed by atoms with E-state index in [4.69, 9.17) is 4.74 Å². The fraction of sp³-hybridized carbons (Fsp3) is 0.150. The van der Waals surface area contributed by atoms with E-state index in [1.165, 1.54) is 24.0 Å². The van der Waals surface area contributed by atoms with Gasteiger partial charge in [-0.2, -0.15) is 5.10 Å². The lowest BCUT2D eigenvalue weighted by Gasteiger charge is -2.09. The van der Waals surface area contributed by atoms with Crippen molar-refractivity contribution in [1.29, 1.82) is 0 Å². The number of rotatable bonds is 6. The first-order chi connectivity index (χ1) is 13.9. The summed E-state index contributed by atoms with van der Waals surface area (Å²) in [6.07, 6.45) is 1.52. The van der Waals surface area contributed by atoms with Crippen LogP contribution in [0.4, 0.5) is 14.5 Å². The Morgan fingerprint density at radius 2 is 1.93 bits per heavy atom. The van der Waals surface area contributed by atoms with Gasteiger partial charge in [-0.1, -0.05) is 12.1 Å². The number of ether oxygens (including phenoxy) is 1. The van der Waals surface area contributed by atoms with Gasteiger partial charge in [0.15, 0.2) is 17.3 Å². The lowest BCUT2D eigenvalue weighted by molar-refractivity contribution is 0.0958. The standard InChI is InChI=1S/C20H18F2N4O3/c1-23-20(28)18-16(10-26(2)25-18)24-19(27)13-5-3-4-12(8-13)11-29-17-7-6-14(21)9-15(17)22/h3-10H,11H2,1-2H3,(H,23,28)(H,24,27). The van der Waals surface area contributed by atoms with Crippen LogP contribution in [0.1, 0.15) is 26.4 Å². The fourth-order valence-electron chi connectivity index (χ4n) is 2.62. The lowest BCUT2D eigenvalue weighted by Crippen LogP contribution is -2.21. The van der Waals surface area contributed by atoms with Gasteiger partial charge >= 0.3 is 0 Å². The molecule has 0 aliphatic rings. The smallest absolute Gasteiger partial charge is 0.273 e. The van der Waals surface area contributed by atoms with Crippen LogP contribution in [-0.4, -0.2) is 28.6 Å². The van der Waals surface area contributed by atoms with E-state index in [0.29, 0.717) is 11.1 Å². The van der Waals surface area contributed by atoms with Crippen LogP contribution in [0, 0.1) is 11.6 Å². The number of aromatic nitrogens is 2. The summed E-state index contributed by atoms with van der Waals surface area (Å²) in [6.45, 7) is -0.0138. The highest BCUT2D eigenvalue weighted by Gasteiger charge is 2.17. The van der Waals surface area contributed by atoms with Gasteiger partial charge in [0.1, 0.15) is 12.4 Å². The maximum Gasteiger partial charge on any atom is 0.273 e. The molecule has 0 saturated heterocycles. The Morgan fingerprint density at radius 1 is 1.14 bits per heavy atom. The zero-order valence-electron chi connectivity index (χ0n) is 15.7. The van der Waals surface area contributed by atoms with Crippen LogP contribution in [0.5, 0.6) is 5.75 Å². The summed E-state index contributed by atoms with van der Waals surface area (Å²) in [5, 5.41) is 9.15. The van der Waals surface area contributed by atoms with E-state index < -0.39 is 23.4 Å². The number of nitrogens with one attached hydrogen (secondary N) is 2. The fourth-order valence-corrected chi connectivity index (χ4v) is 2.62. The van der Waals surface area contributed by atoms with E-state index in [9.17, 15) is 18.4 Å². The molecule has 3 aromatic rings. The summed E-state index contributed by atoms with van der Waals surface area (Å²) < 4.78 is 33.4. The first kappa shape index (κ1) is 20.0. The molecular formula is C20H18F2N4O3. The van der Waals surface area contributed by atoms with Crippen molar-refractivity contribution in [2.75, 3.05) is 12.4 Å². The van der Waals surface area contributed by atoms with Crippen LogP contribution in [0.15, 0.2) is 48.7 Å². The number of benzene rings is 2. The SMILES string of the molecule is CNC(=O)c1nn(C)cc1NC(=O)c1cccc(COc2ccc(F)cc2F)c1. The molecule has 0 spiro atoms. The van der Waals surface area contributed by atoms with Crippen molar-refractivity contribution in [2.45, 2.75) is 6.61 Å². The largest absolute Gasteiger partial charge is 0.486 e. The van der Waals surface area contributed by atoms with Crippen LogP contribution in [0.3, 0.4) is 0 Å². The predicted octanol–water partition coefficient (Wildman–Crippen LogP) is 2.89. The Morgan fingerprint density at radius 3 is 2.66 bits per heavy atom. The molecule has 1 heterocycles. The number of aryl methyl sites for hydroxylation is 1. The quantitative estimate of drug-likeness (QED) is 0.666. The molecule has 9 heteroatoms. The normalized spacial score (nSPS) is 10.5. The summed E-state index contributed by atoms with van der Waals surface area (Å²) in [5.74, 6) is -2.47. The Labute approximate surface area is 165 Å². The van der Waals surface area contributed by atoms with Gasteiger partial charge in [-0.25, -0.2) is 8.78 Å². The average Bonchev–Trinajstić information content (AvgIpc) is 3.07. The zero-order chi connectivity index (χ0) is 21.0. The third-order valence-corrected chi connectivity index (χ3v) is 4.00. The van der Waals surface area contributed by atoms with Gasteiger partial charge in [0, 0.05) is 31.9 Å². The minimum absolute atomic E-state index is 0.0138. The minimum atomic E-state index is -0.808. The molecule has 0 saturated carbocycles. The molecule has 150 valence electrons. The van der Waals surface area contributed by atoms with E-state index in [0.717, 1.165) is 12.1 Å². The topological polar surface area (TPSA) is 85.3 Å². The van der Waals surface area contributed by atoms with E-state index in [2.05, 4.69) is 15.7 Å². The van der Waals surface area contributed by atoms with Crippen molar-refractivity contribution in [1.82, 2.24) is 15.1 Å². The van der Waals surface area contributed by atoms with Gasteiger partial charge in [0.05, 0.1) is 5.69 Å². The second kappa shape index (κ2) is 8.51. The van der Waals surface area contributed by atoms with E-state index in [-0.39, 0.29) is 23.7 Å². The molecule has 29 heavy (non-hydrogen) atoms. The third-order valence-electron chi connectivity index (χ3n) is 4.00. The monoisotopic (exact) mass is 400 g/mol. The Balaban J connectivity index is 1.72. The zero-order valence-corrected chi connectivity index (χ0v) is 15.7. The molecule has 0 unspecified atom stereocenters. The number of hydrogen-bond donors (Lipinski definition) is 2. The number of amides is 2. The van der Waals surface area contributed by atoms with Gasteiger partial charge < -0.3 is 15.4 Å². The molecule has 1 aromatic heterocycles. The van der Waals surface area contributed by atoms with Gasteiger partial charge in [-0.05, 0) is 29.8 Å². The maximum atomic E-state index is 13.7. The molecule has 0 aliphatic carbocycles. The molecule has 0 radical (unpaired) electrons. The molecule has 0 fully saturated rings. The van der Waals surface area contributed by atoms with Crippen LogP contribution < -0.4 is 15.4 Å². The highest BCUT2D eigenvalue weighted by molar-refractivity contribution is 6.08. The molecule has 0 aliphatic heterocycles. The predicted molar refractivity (Wildman–Crippen MR) is 102 cm³/mol. The van der Waals surface area contributed by atoms with Gasteiger partial charge in [-0.3, -0.25) is 14.3 Å². The van der Waals surface area contributed by atoms with Crippen molar-refractivity contribution in [3.05, 3.63) is 77.1 Å². The first-order valence-corrected chi connectivity index (χ1v) is 8.61. The highest BCUT2D eigenvalue weighted by atomic mass is 19.1. The summed E-state index contributed by atoms with van der Waals surface area (Å²) in [4.78, 5) is 24.5. The Bertz CT molecular complexity index is 1070. The molecular weight excluding hydrogens is 382 g/mol. The Hall–Kier alpha value is -3.75. The average molecular weight is 400 g/mol. The number of carbonyl (C=O) groups is 2. The molecule has 2 amide bonds. The van der Waals surface area contributed by atoms with Gasteiger partial charge in [0.2, 0.25) is 0 Å². The molecule has 3 rings (SSSR count). The van der Waals surface area contributed by atoms with Crippen molar-refractivity contribution in [3.8, 4) is 5.75 Å². The minimum Gasteiger partial charge on any atom is -0.486 e. The molecule has 0 atom stereocenters. The van der Waals surface area contributed by atoms with Crippen molar-refractivity contribution < 1.29 is 23.1 Å². The summed E-state index contributed by atoms with van der Waals surface area (Å²) in [6, 6.07) is 9.55. The van der Waals surface area contributed by atoms with Crippen LogP contribution >= 0.6 is 0 Å². The lowest BCUT2D eigenvalue weighted by atomic mass is 10.1. The summed E-state index contributed by atoms with van der Waals surface area (Å²) >= 11 is 0. The number of anilines is 1. The highest BCUT2D eigenvalue weighted by Crippen LogP contribution is 2.20. The third kappa shape index (κ3) is 4.75.